The molecular formula is C14H21N3O. The molecule has 2 N–H and O–H groups in total. The highest BCUT2D eigenvalue weighted by atomic mass is 16.5. The summed E-state index contributed by atoms with van der Waals surface area (Å²) in [6.45, 7) is 5.24. The van der Waals surface area contributed by atoms with Crippen molar-refractivity contribution < 1.29 is 4.74 Å². The fraction of sp³-hybridized carbons (Fsp3) is 0.500. The van der Waals surface area contributed by atoms with Crippen molar-refractivity contribution >= 4 is 5.69 Å². The van der Waals surface area contributed by atoms with Crippen LogP contribution in [0, 0.1) is 6.92 Å². The van der Waals surface area contributed by atoms with E-state index < -0.39 is 0 Å². The SMILES string of the molecule is COCC1=CCN(c2cc(C)ncc2CN)CC1. The van der Waals surface area contributed by atoms with Crippen molar-refractivity contribution in [2.75, 3.05) is 31.7 Å². The fourth-order valence-electron chi connectivity index (χ4n) is 2.27. The van der Waals surface area contributed by atoms with E-state index in [4.69, 9.17) is 10.5 Å². The highest BCUT2D eigenvalue weighted by Gasteiger charge is 2.15. The molecule has 4 nitrogen and oxygen atoms in total. The number of hydrogen-bond donors (Lipinski definition) is 1. The molecule has 0 saturated carbocycles. The molecule has 0 amide bonds. The van der Waals surface area contributed by atoms with E-state index >= 15 is 0 Å². The molecule has 0 aliphatic carbocycles. The lowest BCUT2D eigenvalue weighted by molar-refractivity contribution is 0.222. The number of nitrogens with zero attached hydrogens (tertiary/aromatic N) is 2. The monoisotopic (exact) mass is 247 g/mol. The number of methoxy groups -OCH3 is 1. The van der Waals surface area contributed by atoms with E-state index in [1.807, 2.05) is 13.1 Å². The van der Waals surface area contributed by atoms with Crippen molar-refractivity contribution in [3.63, 3.8) is 0 Å². The average Bonchev–Trinajstić information content (AvgIpc) is 2.40. The number of aromatic nitrogens is 1. The first-order valence-corrected chi connectivity index (χ1v) is 6.32. The molecule has 1 aromatic heterocycles. The first-order valence-electron chi connectivity index (χ1n) is 6.32. The molecule has 0 unspecified atom stereocenters. The molecular weight excluding hydrogens is 226 g/mol. The van der Waals surface area contributed by atoms with Crippen LogP contribution in [-0.4, -0.2) is 31.8 Å². The summed E-state index contributed by atoms with van der Waals surface area (Å²) in [6.07, 6.45) is 5.20. The molecule has 0 aromatic carbocycles. The van der Waals surface area contributed by atoms with Crippen molar-refractivity contribution in [3.05, 3.63) is 35.2 Å². The summed E-state index contributed by atoms with van der Waals surface area (Å²) >= 11 is 0. The van der Waals surface area contributed by atoms with Gasteiger partial charge < -0.3 is 15.4 Å². The van der Waals surface area contributed by atoms with Crippen molar-refractivity contribution in [1.29, 1.82) is 0 Å². The van der Waals surface area contributed by atoms with E-state index in [1.54, 1.807) is 7.11 Å². The third kappa shape index (κ3) is 2.89. The number of anilines is 1. The minimum atomic E-state index is 0.535. The number of hydrogen-bond acceptors (Lipinski definition) is 4. The first-order chi connectivity index (χ1) is 8.74. The van der Waals surface area contributed by atoms with Gasteiger partial charge in [0, 0.05) is 49.9 Å². The molecule has 18 heavy (non-hydrogen) atoms. The van der Waals surface area contributed by atoms with E-state index in [0.717, 1.165) is 37.4 Å². The molecule has 4 heteroatoms. The largest absolute Gasteiger partial charge is 0.380 e. The highest BCUT2D eigenvalue weighted by molar-refractivity contribution is 5.55. The fourth-order valence-corrected chi connectivity index (χ4v) is 2.27. The van der Waals surface area contributed by atoms with Crippen LogP contribution in [0.1, 0.15) is 17.7 Å². The molecule has 0 saturated heterocycles. The summed E-state index contributed by atoms with van der Waals surface area (Å²) in [7, 11) is 1.74. The molecule has 1 aliphatic rings. The van der Waals surface area contributed by atoms with Gasteiger partial charge in [0.1, 0.15) is 0 Å². The zero-order valence-corrected chi connectivity index (χ0v) is 11.1. The molecule has 2 heterocycles. The van der Waals surface area contributed by atoms with Crippen molar-refractivity contribution in [1.82, 2.24) is 4.98 Å². The lowest BCUT2D eigenvalue weighted by Crippen LogP contribution is -2.30. The lowest BCUT2D eigenvalue weighted by Gasteiger charge is -2.30. The van der Waals surface area contributed by atoms with Crippen LogP contribution < -0.4 is 10.6 Å². The second kappa shape index (κ2) is 5.98. The number of pyridine rings is 1. The summed E-state index contributed by atoms with van der Waals surface area (Å²) in [5, 5.41) is 0. The Morgan fingerprint density at radius 3 is 2.94 bits per heavy atom. The molecule has 0 bridgehead atoms. The second-order valence-electron chi connectivity index (χ2n) is 4.65. The van der Waals surface area contributed by atoms with Gasteiger partial charge in [0.05, 0.1) is 6.61 Å². The van der Waals surface area contributed by atoms with Gasteiger partial charge in [0.2, 0.25) is 0 Å². The Kier molecular flexibility index (Phi) is 4.33. The molecule has 2 rings (SSSR count). The Morgan fingerprint density at radius 1 is 1.50 bits per heavy atom. The maximum atomic E-state index is 5.78. The van der Waals surface area contributed by atoms with Crippen molar-refractivity contribution in [2.45, 2.75) is 19.9 Å². The maximum absolute atomic E-state index is 5.78. The summed E-state index contributed by atoms with van der Waals surface area (Å²) in [6, 6.07) is 2.12. The standard InChI is InChI=1S/C14H21N3O/c1-11-7-14(13(8-15)9-16-11)17-5-3-12(4-6-17)10-18-2/h3,7,9H,4-6,8,10,15H2,1-2H3. The molecule has 1 aliphatic heterocycles. The summed E-state index contributed by atoms with van der Waals surface area (Å²) in [5.41, 5.74) is 10.5. The number of aryl methyl sites for hydroxylation is 1. The number of nitrogens with two attached hydrogens (primary N) is 1. The Bertz CT molecular complexity index is 443. The smallest absolute Gasteiger partial charge is 0.0674 e. The van der Waals surface area contributed by atoms with Crippen LogP contribution in [0.5, 0.6) is 0 Å². The third-order valence-corrected chi connectivity index (χ3v) is 3.29. The van der Waals surface area contributed by atoms with Gasteiger partial charge in [-0.2, -0.15) is 0 Å². The number of rotatable bonds is 4. The van der Waals surface area contributed by atoms with Crippen LogP contribution in [0.2, 0.25) is 0 Å². The van der Waals surface area contributed by atoms with E-state index in [9.17, 15) is 0 Å². The quantitative estimate of drug-likeness (QED) is 0.822. The summed E-state index contributed by atoms with van der Waals surface area (Å²) < 4.78 is 5.17. The van der Waals surface area contributed by atoms with Gasteiger partial charge in [-0.25, -0.2) is 0 Å². The van der Waals surface area contributed by atoms with Gasteiger partial charge >= 0.3 is 0 Å². The Labute approximate surface area is 108 Å². The molecule has 0 radical (unpaired) electrons. The Hall–Kier alpha value is -1.39. The van der Waals surface area contributed by atoms with Crippen molar-refractivity contribution in [3.8, 4) is 0 Å². The lowest BCUT2D eigenvalue weighted by atomic mass is 10.1. The predicted octanol–water partition coefficient (Wildman–Crippen LogP) is 1.63. The van der Waals surface area contributed by atoms with Crippen molar-refractivity contribution in [2.24, 2.45) is 5.73 Å². The summed E-state index contributed by atoms with van der Waals surface area (Å²) in [4.78, 5) is 6.66. The zero-order chi connectivity index (χ0) is 13.0. The molecule has 0 fully saturated rings. The minimum Gasteiger partial charge on any atom is -0.380 e. The normalized spacial score (nSPS) is 15.7. The molecule has 98 valence electrons. The molecule has 0 spiro atoms. The number of ether oxygens (including phenoxy) is 1. The summed E-state index contributed by atoms with van der Waals surface area (Å²) in [5.74, 6) is 0. The van der Waals surface area contributed by atoms with Crippen LogP contribution in [0.3, 0.4) is 0 Å². The van der Waals surface area contributed by atoms with E-state index in [0.29, 0.717) is 6.54 Å². The maximum Gasteiger partial charge on any atom is 0.0674 e. The topological polar surface area (TPSA) is 51.4 Å². The van der Waals surface area contributed by atoms with Gasteiger partial charge in [-0.15, -0.1) is 0 Å². The van der Waals surface area contributed by atoms with Gasteiger partial charge in [-0.05, 0) is 25.0 Å². The third-order valence-electron chi connectivity index (χ3n) is 3.29. The van der Waals surface area contributed by atoms with E-state index in [1.165, 1.54) is 11.3 Å². The van der Waals surface area contributed by atoms with Gasteiger partial charge in [-0.3, -0.25) is 4.98 Å². The minimum absolute atomic E-state index is 0.535. The average molecular weight is 247 g/mol. The molecule has 0 atom stereocenters. The van der Waals surface area contributed by atoms with E-state index in [2.05, 4.69) is 22.0 Å². The second-order valence-corrected chi connectivity index (χ2v) is 4.65. The van der Waals surface area contributed by atoms with Crippen LogP contribution in [0.4, 0.5) is 5.69 Å². The molecule has 1 aromatic rings. The van der Waals surface area contributed by atoms with Crippen LogP contribution in [0.15, 0.2) is 23.9 Å². The van der Waals surface area contributed by atoms with Crippen LogP contribution in [0.25, 0.3) is 0 Å². The van der Waals surface area contributed by atoms with Gasteiger partial charge in [-0.1, -0.05) is 6.08 Å². The first kappa shape index (κ1) is 13.1. The van der Waals surface area contributed by atoms with Crippen LogP contribution in [-0.2, 0) is 11.3 Å². The highest BCUT2D eigenvalue weighted by Crippen LogP contribution is 2.24. The Morgan fingerprint density at radius 2 is 2.33 bits per heavy atom. The zero-order valence-electron chi connectivity index (χ0n) is 11.1. The Balaban J connectivity index is 2.16. The van der Waals surface area contributed by atoms with E-state index in [-0.39, 0.29) is 0 Å². The van der Waals surface area contributed by atoms with Crippen LogP contribution >= 0.6 is 0 Å². The van der Waals surface area contributed by atoms with Gasteiger partial charge in [0.15, 0.2) is 0 Å². The predicted molar refractivity (Wildman–Crippen MR) is 73.7 cm³/mol. The van der Waals surface area contributed by atoms with Gasteiger partial charge in [0.25, 0.3) is 0 Å².